The summed E-state index contributed by atoms with van der Waals surface area (Å²) in [6.45, 7) is 3.75. The van der Waals surface area contributed by atoms with E-state index in [0.29, 0.717) is 11.6 Å². The molecule has 2 aliphatic rings. The number of furan rings is 1. The zero-order valence-corrected chi connectivity index (χ0v) is 11.9. The fraction of sp³-hybridized carbons (Fsp3) is 0.353. The van der Waals surface area contributed by atoms with Crippen LogP contribution in [0.2, 0.25) is 0 Å². The Hall–Kier alpha value is -2.07. The smallest absolute Gasteiger partial charge is 0.257 e. The Morgan fingerprint density at radius 3 is 2.71 bits per heavy atom. The van der Waals surface area contributed by atoms with E-state index in [4.69, 9.17) is 4.42 Å². The fourth-order valence-electron chi connectivity index (χ4n) is 3.25. The van der Waals surface area contributed by atoms with Crippen LogP contribution in [0.3, 0.4) is 0 Å². The van der Waals surface area contributed by atoms with E-state index in [1.165, 1.54) is 17.4 Å². The molecule has 0 N–H and O–H groups in total. The summed E-state index contributed by atoms with van der Waals surface area (Å²) in [7, 11) is 0. The van der Waals surface area contributed by atoms with Crippen molar-refractivity contribution in [1.29, 1.82) is 0 Å². The molecule has 1 aromatic carbocycles. The van der Waals surface area contributed by atoms with Crippen molar-refractivity contribution in [2.24, 2.45) is 0 Å². The van der Waals surface area contributed by atoms with Gasteiger partial charge >= 0.3 is 0 Å². The number of rotatable bonds is 2. The molecule has 21 heavy (non-hydrogen) atoms. The van der Waals surface area contributed by atoms with Gasteiger partial charge in [-0.25, -0.2) is 0 Å². The Bertz CT molecular complexity index is 645. The van der Waals surface area contributed by atoms with Gasteiger partial charge in [0.1, 0.15) is 6.26 Å². The van der Waals surface area contributed by atoms with Crippen LogP contribution in [-0.2, 0) is 13.0 Å². The largest absolute Gasteiger partial charge is 0.472 e. The summed E-state index contributed by atoms with van der Waals surface area (Å²) >= 11 is 0. The number of carbonyl (C=O) groups excluding carboxylic acids is 1. The summed E-state index contributed by atoms with van der Waals surface area (Å²) in [4.78, 5) is 16.6. The highest BCUT2D eigenvalue weighted by Gasteiger charge is 2.36. The lowest BCUT2D eigenvalue weighted by Gasteiger charge is -2.46. The Kier molecular flexibility index (Phi) is 3.04. The third-order valence-corrected chi connectivity index (χ3v) is 4.59. The molecule has 0 spiro atoms. The molecule has 2 aromatic rings. The summed E-state index contributed by atoms with van der Waals surface area (Å²) in [6.07, 6.45) is 4.18. The molecule has 4 rings (SSSR count). The molecule has 108 valence electrons. The predicted molar refractivity (Wildman–Crippen MR) is 79.0 cm³/mol. The molecule has 0 saturated carbocycles. The highest BCUT2D eigenvalue weighted by atomic mass is 16.3. The van der Waals surface area contributed by atoms with Gasteiger partial charge in [-0.3, -0.25) is 9.69 Å². The summed E-state index contributed by atoms with van der Waals surface area (Å²) in [5.74, 6) is 0.0809. The molecule has 0 aliphatic carbocycles. The molecule has 0 atom stereocenters. The number of nitrogens with zero attached hydrogens (tertiary/aromatic N) is 2. The lowest BCUT2D eigenvalue weighted by molar-refractivity contribution is 0.0218. The minimum absolute atomic E-state index is 0.0809. The van der Waals surface area contributed by atoms with Crippen molar-refractivity contribution >= 4 is 5.91 Å². The van der Waals surface area contributed by atoms with Crippen LogP contribution in [0, 0.1) is 0 Å². The van der Waals surface area contributed by atoms with Crippen molar-refractivity contribution < 1.29 is 9.21 Å². The summed E-state index contributed by atoms with van der Waals surface area (Å²) in [5.41, 5.74) is 3.56. The molecule has 0 bridgehead atoms. The second-order valence-electron chi connectivity index (χ2n) is 5.87. The average Bonchev–Trinajstić information content (AvgIpc) is 2.99. The van der Waals surface area contributed by atoms with E-state index in [1.54, 1.807) is 12.3 Å². The van der Waals surface area contributed by atoms with Crippen LogP contribution in [-0.4, -0.2) is 41.4 Å². The van der Waals surface area contributed by atoms with Gasteiger partial charge in [0, 0.05) is 32.2 Å². The van der Waals surface area contributed by atoms with Gasteiger partial charge in [-0.1, -0.05) is 24.3 Å². The van der Waals surface area contributed by atoms with Crippen LogP contribution >= 0.6 is 0 Å². The number of benzene rings is 1. The van der Waals surface area contributed by atoms with E-state index >= 15 is 0 Å². The van der Waals surface area contributed by atoms with Crippen LogP contribution in [0.1, 0.15) is 21.5 Å². The zero-order valence-electron chi connectivity index (χ0n) is 11.9. The van der Waals surface area contributed by atoms with E-state index in [1.807, 2.05) is 4.90 Å². The maximum absolute atomic E-state index is 12.2. The molecule has 1 aromatic heterocycles. The third kappa shape index (κ3) is 2.25. The van der Waals surface area contributed by atoms with Crippen molar-refractivity contribution in [3.8, 4) is 0 Å². The minimum atomic E-state index is 0.0809. The number of fused-ring (bicyclic) bond motifs is 1. The molecule has 0 unspecified atom stereocenters. The lowest BCUT2D eigenvalue weighted by Crippen LogP contribution is -2.61. The van der Waals surface area contributed by atoms with Gasteiger partial charge in [0.2, 0.25) is 0 Å². The van der Waals surface area contributed by atoms with Crippen LogP contribution in [0.4, 0.5) is 0 Å². The van der Waals surface area contributed by atoms with Crippen molar-refractivity contribution in [2.45, 2.75) is 19.0 Å². The standard InChI is InChI=1S/C17H18N2O2/c20-17(15-6-8-21-12-15)19-10-16(11-19)18-7-5-13-3-1-2-4-14(13)9-18/h1-4,6,8,12,16H,5,7,9-11H2. The summed E-state index contributed by atoms with van der Waals surface area (Å²) in [6, 6.07) is 10.9. The minimum Gasteiger partial charge on any atom is -0.472 e. The van der Waals surface area contributed by atoms with Crippen LogP contribution in [0.5, 0.6) is 0 Å². The highest BCUT2D eigenvalue weighted by molar-refractivity contribution is 5.94. The quantitative estimate of drug-likeness (QED) is 0.847. The molecular weight excluding hydrogens is 264 g/mol. The first kappa shape index (κ1) is 12.7. The normalized spacial score (nSPS) is 19.1. The van der Waals surface area contributed by atoms with Gasteiger partial charge in [0.15, 0.2) is 0 Å². The summed E-state index contributed by atoms with van der Waals surface area (Å²) in [5, 5.41) is 0. The van der Waals surface area contributed by atoms with E-state index in [2.05, 4.69) is 29.2 Å². The molecule has 4 heteroatoms. The number of likely N-dealkylation sites (tertiary alicyclic amines) is 1. The molecule has 4 nitrogen and oxygen atoms in total. The van der Waals surface area contributed by atoms with E-state index < -0.39 is 0 Å². The number of hydrogen-bond donors (Lipinski definition) is 0. The maximum Gasteiger partial charge on any atom is 0.257 e. The second-order valence-corrected chi connectivity index (χ2v) is 5.87. The molecule has 0 radical (unpaired) electrons. The molecule has 2 aliphatic heterocycles. The Morgan fingerprint density at radius 2 is 1.95 bits per heavy atom. The van der Waals surface area contributed by atoms with Gasteiger partial charge in [0.25, 0.3) is 5.91 Å². The number of hydrogen-bond acceptors (Lipinski definition) is 3. The van der Waals surface area contributed by atoms with Gasteiger partial charge in [0.05, 0.1) is 11.8 Å². The van der Waals surface area contributed by atoms with Crippen LogP contribution in [0.15, 0.2) is 47.3 Å². The second kappa shape index (κ2) is 5.04. The monoisotopic (exact) mass is 282 g/mol. The maximum atomic E-state index is 12.2. The van der Waals surface area contributed by atoms with Crippen molar-refractivity contribution in [3.63, 3.8) is 0 Å². The first-order valence-corrected chi connectivity index (χ1v) is 7.43. The molecule has 3 heterocycles. The molecular formula is C17H18N2O2. The first-order chi connectivity index (χ1) is 10.3. The van der Waals surface area contributed by atoms with Gasteiger partial charge < -0.3 is 9.32 Å². The van der Waals surface area contributed by atoms with Crippen molar-refractivity contribution in [2.75, 3.05) is 19.6 Å². The Balaban J connectivity index is 1.38. The Morgan fingerprint density at radius 1 is 1.14 bits per heavy atom. The van der Waals surface area contributed by atoms with Crippen molar-refractivity contribution in [3.05, 3.63) is 59.5 Å². The van der Waals surface area contributed by atoms with Crippen molar-refractivity contribution in [1.82, 2.24) is 9.80 Å². The van der Waals surface area contributed by atoms with Gasteiger partial charge in [-0.2, -0.15) is 0 Å². The molecule has 1 saturated heterocycles. The third-order valence-electron chi connectivity index (χ3n) is 4.59. The fourth-order valence-corrected chi connectivity index (χ4v) is 3.25. The van der Waals surface area contributed by atoms with E-state index in [0.717, 1.165) is 32.6 Å². The Labute approximate surface area is 124 Å². The van der Waals surface area contributed by atoms with Gasteiger partial charge in [-0.15, -0.1) is 0 Å². The van der Waals surface area contributed by atoms with Crippen LogP contribution < -0.4 is 0 Å². The number of amides is 1. The molecule has 1 fully saturated rings. The van der Waals surface area contributed by atoms with E-state index in [9.17, 15) is 4.79 Å². The SMILES string of the molecule is O=C(c1ccoc1)N1CC(N2CCc3ccccc3C2)C1. The zero-order chi connectivity index (χ0) is 14.2. The average molecular weight is 282 g/mol. The van der Waals surface area contributed by atoms with Gasteiger partial charge in [-0.05, 0) is 23.6 Å². The number of carbonyl (C=O) groups is 1. The highest BCUT2D eigenvalue weighted by Crippen LogP contribution is 2.25. The predicted octanol–water partition coefficient (Wildman–Crippen LogP) is 2.16. The van der Waals surface area contributed by atoms with Crippen LogP contribution in [0.25, 0.3) is 0 Å². The lowest BCUT2D eigenvalue weighted by atomic mass is 9.96. The first-order valence-electron chi connectivity index (χ1n) is 7.43. The van der Waals surface area contributed by atoms with E-state index in [-0.39, 0.29) is 5.91 Å². The summed E-state index contributed by atoms with van der Waals surface area (Å²) < 4.78 is 4.98. The molecule has 1 amide bonds. The topological polar surface area (TPSA) is 36.7 Å².